The molecule has 0 aromatic carbocycles. The van der Waals surface area contributed by atoms with E-state index in [0.717, 1.165) is 0 Å². The highest BCUT2D eigenvalue weighted by Gasteiger charge is 2.26. The summed E-state index contributed by atoms with van der Waals surface area (Å²) in [6, 6.07) is 0. The molecular weight excluding hydrogens is 292 g/mol. The van der Waals surface area contributed by atoms with Crippen LogP contribution in [-0.2, 0) is 18.4 Å². The molecule has 0 spiro atoms. The van der Waals surface area contributed by atoms with Gasteiger partial charge in [-0.25, -0.2) is 4.79 Å². The Morgan fingerprint density at radius 3 is 1.79 bits per heavy atom. The highest BCUT2D eigenvalue weighted by atomic mass is 28.4. The fraction of sp³-hybridized carbons (Fsp3) is 0.750. The third kappa shape index (κ3) is 10.3. The fourth-order valence-electron chi connectivity index (χ4n) is 1.15. The Bertz CT molecular complexity index is 313. The summed E-state index contributed by atoms with van der Waals surface area (Å²) in [6.45, 7) is 14.6. The van der Waals surface area contributed by atoms with E-state index in [-0.39, 0.29) is 11.9 Å². The Hall–Kier alpha value is -0.219. The molecule has 0 heterocycles. The fourth-order valence-corrected chi connectivity index (χ4v) is 5.79. The molecule has 0 fully saturated rings. The Labute approximate surface area is 121 Å². The van der Waals surface area contributed by atoms with Gasteiger partial charge in [0.15, 0.2) is 16.6 Å². The number of hydrogen-bond acceptors (Lipinski definition) is 4. The minimum atomic E-state index is -1.67. The van der Waals surface area contributed by atoms with Gasteiger partial charge in [-0.1, -0.05) is 5.70 Å². The quantitative estimate of drug-likeness (QED) is 0.313. The molecule has 0 aliphatic rings. The van der Waals surface area contributed by atoms with Crippen molar-refractivity contribution in [2.75, 3.05) is 7.11 Å². The number of ether oxygens (including phenoxy) is 1. The summed E-state index contributed by atoms with van der Waals surface area (Å²) in [5.41, 5.74) is 2.46. The van der Waals surface area contributed by atoms with Crippen LogP contribution in [0.5, 0.6) is 0 Å². The van der Waals surface area contributed by atoms with E-state index in [1.54, 1.807) is 6.92 Å². The third-order valence-electron chi connectivity index (χ3n) is 1.86. The third-order valence-corrected chi connectivity index (χ3v) is 5.29. The molecule has 0 N–H and O–H groups in total. The van der Waals surface area contributed by atoms with Gasteiger partial charge in [-0.3, -0.25) is 0 Å². The van der Waals surface area contributed by atoms with E-state index >= 15 is 0 Å². The standard InChI is InChI=1S/C12H26O4Si3/c1-10(11(13)14-2)9-17-12(15-18(3,4)5)16-19(6,7)8/h9,12H,1-8H3/b10-9+. The topological polar surface area (TPSA) is 44.8 Å². The number of carbonyl (C=O) groups is 1. The predicted molar refractivity (Wildman–Crippen MR) is 84.2 cm³/mol. The maximum atomic E-state index is 11.3. The van der Waals surface area contributed by atoms with E-state index in [9.17, 15) is 4.79 Å². The highest BCUT2D eigenvalue weighted by Crippen LogP contribution is 2.14. The summed E-state index contributed by atoms with van der Waals surface area (Å²) in [5.74, 6) is -0.537. The number of rotatable bonds is 7. The average Bonchev–Trinajstić information content (AvgIpc) is 2.19. The molecule has 110 valence electrons. The van der Waals surface area contributed by atoms with Crippen molar-refractivity contribution in [2.45, 2.75) is 52.1 Å². The van der Waals surface area contributed by atoms with Gasteiger partial charge in [-0.05, 0) is 46.2 Å². The van der Waals surface area contributed by atoms with Crippen LogP contribution in [0, 0.1) is 0 Å². The van der Waals surface area contributed by atoms with Gasteiger partial charge < -0.3 is 13.6 Å². The molecule has 19 heavy (non-hydrogen) atoms. The molecule has 0 bridgehead atoms. The summed E-state index contributed by atoms with van der Waals surface area (Å²) >= 11 is 0. The molecule has 0 saturated heterocycles. The minimum absolute atomic E-state index is 0.238. The van der Waals surface area contributed by atoms with Gasteiger partial charge in [0, 0.05) is 5.57 Å². The highest BCUT2D eigenvalue weighted by molar-refractivity contribution is 6.72. The lowest BCUT2D eigenvalue weighted by Gasteiger charge is -2.30. The van der Waals surface area contributed by atoms with Gasteiger partial charge in [0.1, 0.15) is 15.4 Å². The maximum Gasteiger partial charge on any atom is 0.332 e. The van der Waals surface area contributed by atoms with Crippen molar-refractivity contribution in [2.24, 2.45) is 0 Å². The molecule has 0 aromatic heterocycles. The van der Waals surface area contributed by atoms with Gasteiger partial charge in [0.2, 0.25) is 0 Å². The van der Waals surface area contributed by atoms with E-state index in [0.29, 0.717) is 15.1 Å². The number of esters is 1. The molecule has 0 unspecified atom stereocenters. The van der Waals surface area contributed by atoms with Gasteiger partial charge in [0.25, 0.3) is 0 Å². The van der Waals surface area contributed by atoms with Crippen molar-refractivity contribution < 1.29 is 18.4 Å². The zero-order chi connectivity index (χ0) is 15.3. The normalized spacial score (nSPS) is 13.8. The van der Waals surface area contributed by atoms with Crippen molar-refractivity contribution in [1.29, 1.82) is 0 Å². The Kier molecular flexibility index (Phi) is 7.45. The monoisotopic (exact) mass is 318 g/mol. The second-order valence-corrected chi connectivity index (χ2v) is 16.3. The second-order valence-electron chi connectivity index (χ2n) is 6.28. The van der Waals surface area contributed by atoms with Gasteiger partial charge in [0.05, 0.1) is 7.11 Å². The first-order chi connectivity index (χ1) is 8.44. The van der Waals surface area contributed by atoms with E-state index in [4.69, 9.17) is 8.85 Å². The van der Waals surface area contributed by atoms with E-state index in [1.165, 1.54) is 7.11 Å². The zero-order valence-electron chi connectivity index (χ0n) is 13.3. The largest absolute Gasteiger partial charge is 0.466 e. The molecule has 0 aliphatic heterocycles. The molecular formula is C12H26O4Si3. The lowest BCUT2D eigenvalue weighted by molar-refractivity contribution is -0.136. The van der Waals surface area contributed by atoms with Gasteiger partial charge in [-0.15, -0.1) is 0 Å². The van der Waals surface area contributed by atoms with Gasteiger partial charge in [-0.2, -0.15) is 0 Å². The molecule has 0 saturated carbocycles. The Morgan fingerprint density at radius 2 is 1.47 bits per heavy atom. The molecule has 0 rings (SSSR count). The average molecular weight is 319 g/mol. The minimum Gasteiger partial charge on any atom is -0.466 e. The lowest BCUT2D eigenvalue weighted by Crippen LogP contribution is -2.42. The molecule has 2 radical (unpaired) electrons. The second kappa shape index (κ2) is 7.53. The van der Waals surface area contributed by atoms with Crippen LogP contribution in [0.2, 0.25) is 39.3 Å². The summed E-state index contributed by atoms with van der Waals surface area (Å²) in [7, 11) is -1.64. The van der Waals surface area contributed by atoms with Crippen molar-refractivity contribution in [3.05, 3.63) is 11.3 Å². The molecule has 4 nitrogen and oxygen atoms in total. The van der Waals surface area contributed by atoms with Crippen molar-refractivity contribution >= 4 is 32.1 Å². The van der Waals surface area contributed by atoms with Crippen LogP contribution >= 0.6 is 0 Å². The first-order valence-electron chi connectivity index (χ1n) is 6.31. The Balaban J connectivity index is 4.72. The summed E-state index contributed by atoms with van der Waals surface area (Å²) in [4.78, 5) is 11.3. The molecule has 7 heteroatoms. The molecule has 0 atom stereocenters. The SMILES string of the molecule is COC(=O)/C(C)=C/[Si]C(O[Si](C)(C)C)O[Si](C)(C)C. The number of hydrogen-bond donors (Lipinski definition) is 0. The number of carbonyl (C=O) groups excluding carboxylic acids is 1. The van der Waals surface area contributed by atoms with E-state index in [2.05, 4.69) is 44.0 Å². The van der Waals surface area contributed by atoms with E-state index < -0.39 is 16.6 Å². The summed E-state index contributed by atoms with van der Waals surface area (Å²) in [5, 5.41) is 0. The van der Waals surface area contributed by atoms with Crippen LogP contribution in [0.3, 0.4) is 0 Å². The van der Waals surface area contributed by atoms with E-state index in [1.807, 2.05) is 5.70 Å². The first kappa shape index (κ1) is 18.8. The van der Waals surface area contributed by atoms with Gasteiger partial charge >= 0.3 is 5.97 Å². The first-order valence-corrected chi connectivity index (χ1v) is 14.3. The van der Waals surface area contributed by atoms with Crippen LogP contribution in [-0.4, -0.2) is 45.1 Å². The van der Waals surface area contributed by atoms with Crippen LogP contribution < -0.4 is 0 Å². The number of methoxy groups -OCH3 is 1. The van der Waals surface area contributed by atoms with Crippen molar-refractivity contribution in [3.8, 4) is 0 Å². The van der Waals surface area contributed by atoms with Crippen molar-refractivity contribution in [1.82, 2.24) is 0 Å². The zero-order valence-corrected chi connectivity index (χ0v) is 16.3. The summed E-state index contributed by atoms with van der Waals surface area (Å²) < 4.78 is 16.8. The van der Waals surface area contributed by atoms with Crippen molar-refractivity contribution in [3.63, 3.8) is 0 Å². The summed E-state index contributed by atoms with van der Waals surface area (Å²) in [6.07, 6.45) is 0. The Morgan fingerprint density at radius 1 is 1.05 bits per heavy atom. The van der Waals surface area contributed by atoms with Crippen LogP contribution in [0.15, 0.2) is 11.3 Å². The van der Waals surface area contributed by atoms with Crippen LogP contribution in [0.4, 0.5) is 0 Å². The van der Waals surface area contributed by atoms with Crippen LogP contribution in [0.1, 0.15) is 6.92 Å². The molecule has 0 aliphatic carbocycles. The lowest BCUT2D eigenvalue weighted by atomic mass is 10.4. The van der Waals surface area contributed by atoms with Crippen LogP contribution in [0.25, 0.3) is 0 Å². The maximum absolute atomic E-state index is 11.3. The smallest absolute Gasteiger partial charge is 0.332 e. The molecule has 0 amide bonds. The molecule has 0 aromatic rings. The predicted octanol–water partition coefficient (Wildman–Crippen LogP) is 2.75.